The predicted molar refractivity (Wildman–Crippen MR) is 74.3 cm³/mol. The average Bonchev–Trinajstić information content (AvgIpc) is 2.26. The molecule has 4 nitrogen and oxygen atoms in total. The van der Waals surface area contributed by atoms with E-state index in [9.17, 15) is 15.0 Å². The van der Waals surface area contributed by atoms with Crippen LogP contribution in [-0.4, -0.2) is 28.0 Å². The number of phenols is 2. The number of rotatable bonds is 5. The van der Waals surface area contributed by atoms with Gasteiger partial charge < -0.3 is 15.5 Å². The molecule has 0 fully saturated rings. The quantitative estimate of drug-likeness (QED) is 0.732. The number of hydrogen-bond donors (Lipinski definition) is 3. The van der Waals surface area contributed by atoms with Gasteiger partial charge in [-0.3, -0.25) is 4.79 Å². The number of carbonyl (C=O) groups excluding carboxylic acids is 1. The molecule has 1 rings (SSSR count). The molecule has 5 heteroatoms. The summed E-state index contributed by atoms with van der Waals surface area (Å²) in [6.07, 6.45) is 0.917. The first kappa shape index (κ1) is 14.8. The molecule has 0 atom stereocenters. The van der Waals surface area contributed by atoms with Gasteiger partial charge in [-0.2, -0.15) is 0 Å². The van der Waals surface area contributed by atoms with Gasteiger partial charge in [0.25, 0.3) is 5.91 Å². The zero-order chi connectivity index (χ0) is 13.8. The fraction of sp³-hybridized carbons (Fsp3) is 0.462. The molecular formula is C13H18BrNO3. The third kappa shape index (κ3) is 3.91. The van der Waals surface area contributed by atoms with E-state index in [-0.39, 0.29) is 22.5 Å². The van der Waals surface area contributed by atoms with Gasteiger partial charge in [-0.25, -0.2) is 0 Å². The van der Waals surface area contributed by atoms with E-state index in [0.717, 1.165) is 11.8 Å². The monoisotopic (exact) mass is 315 g/mol. The van der Waals surface area contributed by atoms with Crippen LogP contribution in [0.3, 0.4) is 0 Å². The summed E-state index contributed by atoms with van der Waals surface area (Å²) in [4.78, 5) is 11.9. The fourth-order valence-electron chi connectivity index (χ4n) is 1.51. The molecule has 0 saturated heterocycles. The number of halogens is 1. The summed E-state index contributed by atoms with van der Waals surface area (Å²) >= 11 is 3.37. The maximum absolute atomic E-state index is 11.9. The van der Waals surface area contributed by atoms with E-state index in [0.29, 0.717) is 6.54 Å². The largest absolute Gasteiger partial charge is 0.507 e. The van der Waals surface area contributed by atoms with Crippen molar-refractivity contribution < 1.29 is 15.0 Å². The maximum Gasteiger partial charge on any atom is 0.258 e. The summed E-state index contributed by atoms with van der Waals surface area (Å²) < 4.78 is 0. The maximum atomic E-state index is 11.9. The number of nitrogens with one attached hydrogen (secondary N) is 1. The number of aromatic hydroxyl groups is 2. The van der Waals surface area contributed by atoms with Crippen LogP contribution in [0.5, 0.6) is 11.5 Å². The van der Waals surface area contributed by atoms with Crippen LogP contribution in [0.15, 0.2) is 18.2 Å². The predicted octanol–water partition coefficient (Wildman–Crippen LogP) is 2.64. The van der Waals surface area contributed by atoms with Crippen molar-refractivity contribution in [2.45, 2.75) is 20.3 Å². The Morgan fingerprint density at radius 2 is 1.89 bits per heavy atom. The second-order valence-electron chi connectivity index (χ2n) is 4.96. The minimum absolute atomic E-state index is 0.0425. The molecule has 3 N–H and O–H groups in total. The van der Waals surface area contributed by atoms with E-state index in [2.05, 4.69) is 21.2 Å². The summed E-state index contributed by atoms with van der Waals surface area (Å²) in [6.45, 7) is 4.56. The van der Waals surface area contributed by atoms with Crippen molar-refractivity contribution in [2.75, 3.05) is 11.9 Å². The van der Waals surface area contributed by atoms with Crippen LogP contribution in [0.25, 0.3) is 0 Å². The number of amides is 1. The molecule has 18 heavy (non-hydrogen) atoms. The summed E-state index contributed by atoms with van der Waals surface area (Å²) in [5.41, 5.74) is -0.119. The number of alkyl halides is 1. The molecule has 1 amide bonds. The summed E-state index contributed by atoms with van der Waals surface area (Å²) in [7, 11) is 0. The Hall–Kier alpha value is -1.23. The lowest BCUT2D eigenvalue weighted by Gasteiger charge is -2.24. The molecule has 0 aromatic heterocycles. The Kier molecular flexibility index (Phi) is 5.02. The van der Waals surface area contributed by atoms with Crippen molar-refractivity contribution in [1.82, 2.24) is 5.32 Å². The molecule has 0 radical (unpaired) electrons. The first-order chi connectivity index (χ1) is 8.37. The number of benzene rings is 1. The van der Waals surface area contributed by atoms with Crippen molar-refractivity contribution in [3.63, 3.8) is 0 Å². The van der Waals surface area contributed by atoms with E-state index < -0.39 is 5.91 Å². The molecule has 0 aliphatic heterocycles. The molecule has 0 saturated carbocycles. The number of phenolic OH excluding ortho intramolecular Hbond substituents is 2. The van der Waals surface area contributed by atoms with Gasteiger partial charge in [0, 0.05) is 11.9 Å². The molecule has 100 valence electrons. The van der Waals surface area contributed by atoms with Gasteiger partial charge >= 0.3 is 0 Å². The van der Waals surface area contributed by atoms with Crippen LogP contribution in [0.4, 0.5) is 0 Å². The average molecular weight is 316 g/mol. The molecular weight excluding hydrogens is 298 g/mol. The van der Waals surface area contributed by atoms with E-state index in [1.54, 1.807) is 0 Å². The molecule has 0 aliphatic carbocycles. The van der Waals surface area contributed by atoms with Gasteiger partial charge in [0.1, 0.15) is 17.1 Å². The van der Waals surface area contributed by atoms with Crippen LogP contribution in [-0.2, 0) is 0 Å². The zero-order valence-corrected chi connectivity index (χ0v) is 12.1. The van der Waals surface area contributed by atoms with Crippen molar-refractivity contribution in [3.8, 4) is 11.5 Å². The molecule has 1 aromatic rings. The highest BCUT2D eigenvalue weighted by atomic mass is 79.9. The van der Waals surface area contributed by atoms with Gasteiger partial charge in [-0.05, 0) is 24.0 Å². The lowest BCUT2D eigenvalue weighted by atomic mass is 9.90. The van der Waals surface area contributed by atoms with Gasteiger partial charge in [0.2, 0.25) is 0 Å². The highest BCUT2D eigenvalue weighted by Gasteiger charge is 2.21. The lowest BCUT2D eigenvalue weighted by molar-refractivity contribution is 0.0930. The molecule has 0 spiro atoms. The van der Waals surface area contributed by atoms with E-state index in [4.69, 9.17) is 0 Å². The minimum atomic E-state index is -0.465. The Labute approximate surface area is 115 Å². The minimum Gasteiger partial charge on any atom is -0.507 e. The lowest BCUT2D eigenvalue weighted by Crippen LogP contribution is -2.34. The fourth-order valence-corrected chi connectivity index (χ4v) is 2.59. The van der Waals surface area contributed by atoms with Crippen molar-refractivity contribution in [1.29, 1.82) is 0 Å². The van der Waals surface area contributed by atoms with Crippen molar-refractivity contribution >= 4 is 21.8 Å². The Morgan fingerprint density at radius 3 is 2.39 bits per heavy atom. The van der Waals surface area contributed by atoms with Crippen LogP contribution in [0.1, 0.15) is 30.6 Å². The summed E-state index contributed by atoms with van der Waals surface area (Å²) in [6, 6.07) is 4.23. The molecule has 1 aromatic carbocycles. The van der Waals surface area contributed by atoms with E-state index >= 15 is 0 Å². The third-order valence-corrected chi connectivity index (χ3v) is 3.14. The van der Waals surface area contributed by atoms with Crippen LogP contribution in [0, 0.1) is 5.41 Å². The molecule has 0 aliphatic rings. The SMILES string of the molecule is CC(C)(CCBr)CNC(=O)c1c(O)cccc1O. The highest BCUT2D eigenvalue weighted by Crippen LogP contribution is 2.26. The third-order valence-electron chi connectivity index (χ3n) is 2.75. The summed E-state index contributed by atoms with van der Waals surface area (Å²) in [5.74, 6) is -0.898. The summed E-state index contributed by atoms with van der Waals surface area (Å²) in [5, 5.41) is 22.7. The van der Waals surface area contributed by atoms with E-state index in [1.165, 1.54) is 18.2 Å². The smallest absolute Gasteiger partial charge is 0.258 e. The second kappa shape index (κ2) is 6.09. The topological polar surface area (TPSA) is 69.6 Å². The van der Waals surface area contributed by atoms with Crippen molar-refractivity contribution in [2.24, 2.45) is 5.41 Å². The Bertz CT molecular complexity index is 412. The van der Waals surface area contributed by atoms with Gasteiger partial charge in [-0.15, -0.1) is 0 Å². The number of hydrogen-bond acceptors (Lipinski definition) is 3. The van der Waals surface area contributed by atoms with Crippen LogP contribution in [0.2, 0.25) is 0 Å². The first-order valence-electron chi connectivity index (χ1n) is 5.72. The van der Waals surface area contributed by atoms with Crippen molar-refractivity contribution in [3.05, 3.63) is 23.8 Å². The Balaban J connectivity index is 2.72. The molecule has 0 bridgehead atoms. The second-order valence-corrected chi connectivity index (χ2v) is 5.75. The zero-order valence-electron chi connectivity index (χ0n) is 10.5. The first-order valence-corrected chi connectivity index (χ1v) is 6.84. The van der Waals surface area contributed by atoms with Gasteiger partial charge in [0.15, 0.2) is 0 Å². The standard InChI is InChI=1S/C13H18BrNO3/c1-13(2,6-7-14)8-15-12(18)11-9(16)4-3-5-10(11)17/h3-5,16-17H,6-8H2,1-2H3,(H,15,18). The number of carbonyl (C=O) groups is 1. The molecule has 0 unspecified atom stereocenters. The van der Waals surface area contributed by atoms with Crippen LogP contribution >= 0.6 is 15.9 Å². The Morgan fingerprint density at radius 1 is 1.33 bits per heavy atom. The highest BCUT2D eigenvalue weighted by molar-refractivity contribution is 9.09. The van der Waals surface area contributed by atoms with Gasteiger partial charge in [0.05, 0.1) is 0 Å². The van der Waals surface area contributed by atoms with Crippen LogP contribution < -0.4 is 5.32 Å². The normalized spacial score (nSPS) is 11.3. The van der Waals surface area contributed by atoms with E-state index in [1.807, 2.05) is 13.8 Å². The molecule has 0 heterocycles. The van der Waals surface area contributed by atoms with Gasteiger partial charge in [-0.1, -0.05) is 35.8 Å².